The Morgan fingerprint density at radius 1 is 1.50 bits per heavy atom. The normalized spacial score (nSPS) is 26.9. The highest BCUT2D eigenvalue weighted by Crippen LogP contribution is 2.22. The van der Waals surface area contributed by atoms with Gasteiger partial charge in [-0.25, -0.2) is 0 Å². The van der Waals surface area contributed by atoms with Gasteiger partial charge in [0.15, 0.2) is 0 Å². The van der Waals surface area contributed by atoms with Crippen molar-refractivity contribution in [2.24, 2.45) is 5.92 Å². The Bertz CT molecular complexity index is 222. The molecule has 0 saturated carbocycles. The Kier molecular flexibility index (Phi) is 5.73. The largest absolute Gasteiger partial charge is 0.480 e. The van der Waals surface area contributed by atoms with Gasteiger partial charge in [-0.1, -0.05) is 6.92 Å². The SMILES string of the molecule is CC1CCN(CCOCCO)C(C(=O)O)C1. The first-order valence-corrected chi connectivity index (χ1v) is 5.80. The summed E-state index contributed by atoms with van der Waals surface area (Å²) in [5.74, 6) is -0.260. The molecule has 1 aliphatic heterocycles. The lowest BCUT2D eigenvalue weighted by molar-refractivity contribution is -0.145. The van der Waals surface area contributed by atoms with Gasteiger partial charge in [-0.2, -0.15) is 0 Å². The molecule has 5 heteroatoms. The molecule has 5 nitrogen and oxygen atoms in total. The predicted molar refractivity (Wildman–Crippen MR) is 59.3 cm³/mol. The maximum Gasteiger partial charge on any atom is 0.320 e. The van der Waals surface area contributed by atoms with E-state index in [1.165, 1.54) is 0 Å². The minimum Gasteiger partial charge on any atom is -0.480 e. The molecular weight excluding hydrogens is 210 g/mol. The third kappa shape index (κ3) is 4.08. The summed E-state index contributed by atoms with van der Waals surface area (Å²) in [6, 6.07) is -0.374. The summed E-state index contributed by atoms with van der Waals surface area (Å²) in [7, 11) is 0. The number of hydrogen-bond donors (Lipinski definition) is 2. The minimum atomic E-state index is -0.742. The smallest absolute Gasteiger partial charge is 0.320 e. The maximum atomic E-state index is 11.1. The van der Waals surface area contributed by atoms with Gasteiger partial charge >= 0.3 is 5.97 Å². The standard InChI is InChI=1S/C11H21NO4/c1-9-2-3-12(4-6-16-7-5-13)10(8-9)11(14)15/h9-10,13H,2-8H2,1H3,(H,14,15). The fourth-order valence-electron chi connectivity index (χ4n) is 2.06. The summed E-state index contributed by atoms with van der Waals surface area (Å²) in [4.78, 5) is 13.0. The van der Waals surface area contributed by atoms with Crippen molar-refractivity contribution in [1.82, 2.24) is 4.90 Å². The zero-order valence-corrected chi connectivity index (χ0v) is 9.76. The molecule has 1 aliphatic rings. The van der Waals surface area contributed by atoms with Crippen molar-refractivity contribution in [3.05, 3.63) is 0 Å². The number of carboxylic acids is 1. The molecule has 2 atom stereocenters. The molecule has 0 aromatic rings. The van der Waals surface area contributed by atoms with Crippen molar-refractivity contribution in [1.29, 1.82) is 0 Å². The van der Waals surface area contributed by atoms with E-state index in [2.05, 4.69) is 6.92 Å². The number of likely N-dealkylation sites (tertiary alicyclic amines) is 1. The summed E-state index contributed by atoms with van der Waals surface area (Å²) < 4.78 is 5.16. The molecule has 94 valence electrons. The Hall–Kier alpha value is -0.650. The van der Waals surface area contributed by atoms with E-state index in [0.717, 1.165) is 19.4 Å². The molecule has 0 amide bonds. The van der Waals surface area contributed by atoms with Gasteiger partial charge in [0.2, 0.25) is 0 Å². The zero-order chi connectivity index (χ0) is 12.0. The molecular formula is C11H21NO4. The van der Waals surface area contributed by atoms with Crippen LogP contribution in [0.2, 0.25) is 0 Å². The fourth-order valence-corrected chi connectivity index (χ4v) is 2.06. The topological polar surface area (TPSA) is 70.0 Å². The molecule has 1 fully saturated rings. The Morgan fingerprint density at radius 3 is 2.88 bits per heavy atom. The number of piperidine rings is 1. The fraction of sp³-hybridized carbons (Fsp3) is 0.909. The van der Waals surface area contributed by atoms with Crippen molar-refractivity contribution in [2.75, 3.05) is 32.9 Å². The van der Waals surface area contributed by atoms with E-state index in [4.69, 9.17) is 14.9 Å². The van der Waals surface area contributed by atoms with Crippen LogP contribution in [0.25, 0.3) is 0 Å². The quantitative estimate of drug-likeness (QED) is 0.638. The van der Waals surface area contributed by atoms with E-state index >= 15 is 0 Å². The van der Waals surface area contributed by atoms with Crippen LogP contribution in [0.4, 0.5) is 0 Å². The van der Waals surface area contributed by atoms with Gasteiger partial charge in [-0.3, -0.25) is 9.69 Å². The highest BCUT2D eigenvalue weighted by Gasteiger charge is 2.31. The van der Waals surface area contributed by atoms with Crippen molar-refractivity contribution >= 4 is 5.97 Å². The van der Waals surface area contributed by atoms with Crippen LogP contribution in [0.5, 0.6) is 0 Å². The Balaban J connectivity index is 2.34. The molecule has 0 aliphatic carbocycles. The molecule has 1 saturated heterocycles. The van der Waals surface area contributed by atoms with Crippen LogP contribution in [0.3, 0.4) is 0 Å². The molecule has 1 heterocycles. The number of hydrogen-bond acceptors (Lipinski definition) is 4. The molecule has 1 rings (SSSR count). The van der Waals surface area contributed by atoms with Crippen LogP contribution in [0.1, 0.15) is 19.8 Å². The number of rotatable bonds is 6. The molecule has 0 bridgehead atoms. The Labute approximate surface area is 96.0 Å². The second kappa shape index (κ2) is 6.83. The monoisotopic (exact) mass is 231 g/mol. The van der Waals surface area contributed by atoms with Gasteiger partial charge in [0, 0.05) is 6.54 Å². The molecule has 2 unspecified atom stereocenters. The van der Waals surface area contributed by atoms with Crippen molar-refractivity contribution < 1.29 is 19.7 Å². The number of aliphatic hydroxyl groups excluding tert-OH is 1. The minimum absolute atomic E-state index is 0.0133. The van der Waals surface area contributed by atoms with Crippen LogP contribution in [0.15, 0.2) is 0 Å². The molecule has 16 heavy (non-hydrogen) atoms. The third-order valence-corrected chi connectivity index (χ3v) is 3.02. The zero-order valence-electron chi connectivity index (χ0n) is 9.76. The molecule has 0 aromatic heterocycles. The summed E-state index contributed by atoms with van der Waals surface area (Å²) in [6.07, 6.45) is 1.76. The van der Waals surface area contributed by atoms with Crippen molar-refractivity contribution in [2.45, 2.75) is 25.8 Å². The number of aliphatic hydroxyl groups is 1. The molecule has 2 N–H and O–H groups in total. The lowest BCUT2D eigenvalue weighted by Crippen LogP contribution is -2.48. The summed E-state index contributed by atoms with van der Waals surface area (Å²) in [6.45, 7) is 4.36. The van der Waals surface area contributed by atoms with Gasteiger partial charge in [0.25, 0.3) is 0 Å². The van der Waals surface area contributed by atoms with Crippen molar-refractivity contribution in [3.63, 3.8) is 0 Å². The summed E-state index contributed by atoms with van der Waals surface area (Å²) >= 11 is 0. The van der Waals surface area contributed by atoms with Gasteiger partial charge in [0.1, 0.15) is 6.04 Å². The maximum absolute atomic E-state index is 11.1. The molecule has 0 radical (unpaired) electrons. The van der Waals surface area contributed by atoms with E-state index in [1.54, 1.807) is 0 Å². The van der Waals surface area contributed by atoms with Crippen LogP contribution in [0, 0.1) is 5.92 Å². The van der Waals surface area contributed by atoms with Gasteiger partial charge in [-0.15, -0.1) is 0 Å². The lowest BCUT2D eigenvalue weighted by atomic mass is 9.92. The average Bonchev–Trinajstić information content (AvgIpc) is 2.26. The number of carbonyl (C=O) groups is 1. The second-order valence-electron chi connectivity index (χ2n) is 4.36. The number of carboxylic acid groups (broad SMARTS) is 1. The first kappa shape index (κ1) is 13.4. The van der Waals surface area contributed by atoms with E-state index < -0.39 is 5.97 Å². The van der Waals surface area contributed by atoms with Gasteiger partial charge in [-0.05, 0) is 25.3 Å². The van der Waals surface area contributed by atoms with Crippen LogP contribution in [-0.4, -0.2) is 60.0 Å². The lowest BCUT2D eigenvalue weighted by Gasteiger charge is -2.35. The number of ether oxygens (including phenoxy) is 1. The number of nitrogens with zero attached hydrogens (tertiary/aromatic N) is 1. The van der Waals surface area contributed by atoms with Crippen LogP contribution >= 0.6 is 0 Å². The average molecular weight is 231 g/mol. The van der Waals surface area contributed by atoms with Crippen LogP contribution in [-0.2, 0) is 9.53 Å². The molecule has 0 spiro atoms. The first-order chi connectivity index (χ1) is 7.65. The molecule has 0 aromatic carbocycles. The summed E-state index contributed by atoms with van der Waals surface area (Å²) in [5, 5.41) is 17.7. The van der Waals surface area contributed by atoms with Crippen LogP contribution < -0.4 is 0 Å². The predicted octanol–water partition coefficient (Wildman–Crippen LogP) is 0.180. The Morgan fingerprint density at radius 2 is 2.25 bits per heavy atom. The third-order valence-electron chi connectivity index (χ3n) is 3.02. The van der Waals surface area contributed by atoms with E-state index in [0.29, 0.717) is 25.7 Å². The highest BCUT2D eigenvalue weighted by molar-refractivity contribution is 5.73. The van der Waals surface area contributed by atoms with E-state index in [1.807, 2.05) is 4.90 Å². The van der Waals surface area contributed by atoms with E-state index in [-0.39, 0.29) is 12.6 Å². The second-order valence-corrected chi connectivity index (χ2v) is 4.36. The van der Waals surface area contributed by atoms with Crippen molar-refractivity contribution in [3.8, 4) is 0 Å². The van der Waals surface area contributed by atoms with E-state index in [9.17, 15) is 4.79 Å². The van der Waals surface area contributed by atoms with Gasteiger partial charge in [0.05, 0.1) is 19.8 Å². The number of aliphatic carboxylic acids is 1. The van der Waals surface area contributed by atoms with Gasteiger partial charge < -0.3 is 14.9 Å². The highest BCUT2D eigenvalue weighted by atomic mass is 16.5. The first-order valence-electron chi connectivity index (χ1n) is 5.80. The summed E-state index contributed by atoms with van der Waals surface area (Å²) in [5.41, 5.74) is 0.